The van der Waals surface area contributed by atoms with Crippen molar-refractivity contribution < 1.29 is 0 Å². The molecule has 8 heteroatoms. The van der Waals surface area contributed by atoms with E-state index in [9.17, 15) is 9.59 Å². The fourth-order valence-electron chi connectivity index (χ4n) is 1.36. The molecule has 0 aliphatic heterocycles. The zero-order valence-electron chi connectivity index (χ0n) is 9.05. The minimum atomic E-state index is -0.499. The molecule has 0 aromatic carbocycles. The van der Waals surface area contributed by atoms with Gasteiger partial charge in [-0.2, -0.15) is 4.98 Å². The molecule has 0 fully saturated rings. The summed E-state index contributed by atoms with van der Waals surface area (Å²) in [4.78, 5) is 27.3. The van der Waals surface area contributed by atoms with Crippen LogP contribution in [0.15, 0.2) is 9.59 Å². The normalized spacial score (nSPS) is 10.7. The highest BCUT2D eigenvalue weighted by atomic mass is 16.2. The van der Waals surface area contributed by atoms with Gasteiger partial charge in [-0.3, -0.25) is 13.9 Å². The molecule has 0 saturated heterocycles. The van der Waals surface area contributed by atoms with Crippen LogP contribution >= 0.6 is 0 Å². The highest BCUT2D eigenvalue weighted by molar-refractivity contribution is 5.68. The van der Waals surface area contributed by atoms with Crippen molar-refractivity contribution in [3.63, 3.8) is 0 Å². The van der Waals surface area contributed by atoms with Crippen LogP contribution in [0.3, 0.4) is 0 Å². The van der Waals surface area contributed by atoms with Gasteiger partial charge in [-0.25, -0.2) is 4.79 Å². The van der Waals surface area contributed by atoms with Crippen LogP contribution in [-0.2, 0) is 14.1 Å². The van der Waals surface area contributed by atoms with Crippen LogP contribution in [0.5, 0.6) is 0 Å². The van der Waals surface area contributed by atoms with Gasteiger partial charge in [0.2, 0.25) is 5.95 Å². The molecule has 0 aliphatic carbocycles. The van der Waals surface area contributed by atoms with Crippen LogP contribution < -0.4 is 16.6 Å². The number of anilines is 1. The molecule has 1 N–H and O–H groups in total. The fraction of sp³-hybridized carbons (Fsp3) is 0.375. The summed E-state index contributed by atoms with van der Waals surface area (Å²) in [6, 6.07) is 0. The van der Waals surface area contributed by atoms with Gasteiger partial charge in [0.1, 0.15) is 0 Å². The third-order valence-corrected chi connectivity index (χ3v) is 2.29. The molecule has 0 aliphatic rings. The van der Waals surface area contributed by atoms with E-state index in [1.807, 2.05) is 0 Å². The quantitative estimate of drug-likeness (QED) is 0.628. The molecule has 2 rings (SSSR count). The molecule has 2 aromatic heterocycles. The third-order valence-electron chi connectivity index (χ3n) is 2.29. The maximum absolute atomic E-state index is 11.7. The molecule has 0 bridgehead atoms. The number of nitrogens with one attached hydrogen (secondary N) is 1. The second kappa shape index (κ2) is 3.40. The number of fused-ring (bicyclic) bond motifs is 1. The average molecular weight is 222 g/mol. The first-order chi connectivity index (χ1) is 7.56. The number of aryl methyl sites for hydroxylation is 1. The molecule has 8 nitrogen and oxygen atoms in total. The van der Waals surface area contributed by atoms with Crippen molar-refractivity contribution in [3.05, 3.63) is 20.8 Å². The van der Waals surface area contributed by atoms with Gasteiger partial charge in [0.15, 0.2) is 11.2 Å². The van der Waals surface area contributed by atoms with Gasteiger partial charge in [-0.15, -0.1) is 10.2 Å². The van der Waals surface area contributed by atoms with Crippen molar-refractivity contribution >= 4 is 17.1 Å². The number of rotatable bonds is 1. The Bertz CT molecular complexity index is 671. The lowest BCUT2D eigenvalue weighted by Crippen LogP contribution is -2.38. The predicted molar refractivity (Wildman–Crippen MR) is 57.4 cm³/mol. The van der Waals surface area contributed by atoms with Crippen molar-refractivity contribution in [2.45, 2.75) is 0 Å². The van der Waals surface area contributed by atoms with Gasteiger partial charge in [-0.1, -0.05) is 0 Å². The number of hydrogen-bond acceptors (Lipinski definition) is 6. The minimum Gasteiger partial charge on any atom is -0.356 e. The number of nitrogens with zero attached hydrogens (tertiary/aromatic N) is 5. The molecular formula is C8H10N6O2. The Labute approximate surface area is 89.6 Å². The van der Waals surface area contributed by atoms with Crippen LogP contribution in [0, 0.1) is 0 Å². The molecule has 0 spiro atoms. The summed E-state index contributed by atoms with van der Waals surface area (Å²) in [5, 5.41) is 10.1. The van der Waals surface area contributed by atoms with E-state index in [0.717, 1.165) is 4.57 Å². The van der Waals surface area contributed by atoms with Gasteiger partial charge in [0.25, 0.3) is 5.56 Å². The van der Waals surface area contributed by atoms with E-state index in [1.54, 1.807) is 7.05 Å². The summed E-state index contributed by atoms with van der Waals surface area (Å²) < 4.78 is 2.23. The van der Waals surface area contributed by atoms with Crippen molar-refractivity contribution in [1.82, 2.24) is 24.3 Å². The number of hydrogen-bond donors (Lipinski definition) is 1. The molecule has 16 heavy (non-hydrogen) atoms. The van der Waals surface area contributed by atoms with Crippen LogP contribution in [0.2, 0.25) is 0 Å². The summed E-state index contributed by atoms with van der Waals surface area (Å²) in [5.41, 5.74) is -0.656. The summed E-state index contributed by atoms with van der Waals surface area (Å²) in [7, 11) is 4.54. The largest absolute Gasteiger partial charge is 0.356 e. The molecular weight excluding hydrogens is 212 g/mol. The fourth-order valence-corrected chi connectivity index (χ4v) is 1.36. The van der Waals surface area contributed by atoms with E-state index in [-0.39, 0.29) is 17.1 Å². The van der Waals surface area contributed by atoms with Crippen molar-refractivity contribution in [3.8, 4) is 0 Å². The third kappa shape index (κ3) is 1.27. The van der Waals surface area contributed by atoms with E-state index in [1.165, 1.54) is 18.7 Å². The van der Waals surface area contributed by atoms with Crippen molar-refractivity contribution in [1.29, 1.82) is 0 Å². The summed E-state index contributed by atoms with van der Waals surface area (Å²) in [6.07, 6.45) is 0. The Balaban J connectivity index is 3.03. The van der Waals surface area contributed by atoms with Gasteiger partial charge in [-0.05, 0) is 0 Å². The lowest BCUT2D eigenvalue weighted by atomic mass is 10.5. The SMILES string of the molecule is CNc1nnc2c(=O)n(C)c(=O)n(C)c2n1. The van der Waals surface area contributed by atoms with Gasteiger partial charge >= 0.3 is 5.69 Å². The Hall–Kier alpha value is -2.25. The minimum absolute atomic E-state index is 0.0728. The van der Waals surface area contributed by atoms with Crippen molar-refractivity contribution in [2.24, 2.45) is 14.1 Å². The Morgan fingerprint density at radius 3 is 2.44 bits per heavy atom. The first-order valence-electron chi connectivity index (χ1n) is 4.54. The zero-order chi connectivity index (χ0) is 11.9. The summed E-state index contributed by atoms with van der Waals surface area (Å²) >= 11 is 0. The molecule has 0 atom stereocenters. The monoisotopic (exact) mass is 222 g/mol. The molecule has 0 amide bonds. The van der Waals surface area contributed by atoms with Crippen LogP contribution in [0.1, 0.15) is 0 Å². The Morgan fingerprint density at radius 1 is 1.12 bits per heavy atom. The highest BCUT2D eigenvalue weighted by Crippen LogP contribution is 2.01. The van der Waals surface area contributed by atoms with E-state index >= 15 is 0 Å². The number of aromatic nitrogens is 5. The molecule has 2 heterocycles. The first kappa shape index (κ1) is 10.3. The van der Waals surface area contributed by atoms with Gasteiger partial charge < -0.3 is 5.32 Å². The van der Waals surface area contributed by atoms with E-state index < -0.39 is 11.2 Å². The molecule has 0 radical (unpaired) electrons. The Kier molecular flexibility index (Phi) is 2.18. The smallest absolute Gasteiger partial charge is 0.332 e. The zero-order valence-corrected chi connectivity index (χ0v) is 9.05. The second-order valence-corrected chi connectivity index (χ2v) is 3.26. The molecule has 0 saturated carbocycles. The topological polar surface area (TPSA) is 94.7 Å². The summed E-state index contributed by atoms with van der Waals surface area (Å²) in [6.45, 7) is 0. The highest BCUT2D eigenvalue weighted by Gasteiger charge is 2.11. The van der Waals surface area contributed by atoms with Gasteiger partial charge in [0.05, 0.1) is 0 Å². The standard InChI is InChI=1S/C8H10N6O2/c1-9-7-10-5-4(11-12-7)6(15)14(3)8(16)13(5)2/h1-3H3,(H,9,10,12). The van der Waals surface area contributed by atoms with Crippen molar-refractivity contribution in [2.75, 3.05) is 12.4 Å². The maximum Gasteiger partial charge on any atom is 0.332 e. The van der Waals surface area contributed by atoms with E-state index in [4.69, 9.17) is 0 Å². The average Bonchev–Trinajstić information content (AvgIpc) is 2.33. The lowest BCUT2D eigenvalue weighted by Gasteiger charge is -2.05. The van der Waals surface area contributed by atoms with E-state index in [0.29, 0.717) is 0 Å². The molecule has 84 valence electrons. The first-order valence-corrected chi connectivity index (χ1v) is 4.54. The second-order valence-electron chi connectivity index (χ2n) is 3.26. The Morgan fingerprint density at radius 2 is 1.81 bits per heavy atom. The summed E-state index contributed by atoms with van der Waals surface area (Å²) in [5.74, 6) is 0.260. The molecule has 0 unspecified atom stereocenters. The van der Waals surface area contributed by atoms with E-state index in [2.05, 4.69) is 20.5 Å². The lowest BCUT2D eigenvalue weighted by molar-refractivity contribution is 0.700. The molecule has 2 aromatic rings. The van der Waals surface area contributed by atoms with Crippen LogP contribution in [0.25, 0.3) is 11.2 Å². The van der Waals surface area contributed by atoms with Crippen LogP contribution in [0.4, 0.5) is 5.95 Å². The van der Waals surface area contributed by atoms with Gasteiger partial charge in [0, 0.05) is 21.1 Å². The van der Waals surface area contributed by atoms with Crippen LogP contribution in [-0.4, -0.2) is 31.4 Å². The maximum atomic E-state index is 11.7. The predicted octanol–water partition coefficient (Wildman–Crippen LogP) is -1.54.